The molecule has 2 N–H and O–H groups in total. The normalized spacial score (nSPS) is 10.8. The summed E-state index contributed by atoms with van der Waals surface area (Å²) in [5.41, 5.74) is -0.847. The minimum atomic E-state index is -1.19. The second kappa shape index (κ2) is 4.77. The number of hydrogen-bond donors (Lipinski definition) is 2. The number of ether oxygens (including phenoxy) is 1. The molecule has 0 saturated carbocycles. The summed E-state index contributed by atoms with van der Waals surface area (Å²) >= 11 is 0. The first-order chi connectivity index (χ1) is 7.78. The highest BCUT2D eigenvalue weighted by Gasteiger charge is 2.17. The fourth-order valence-corrected chi connectivity index (χ4v) is 0.933. The lowest BCUT2D eigenvalue weighted by Crippen LogP contribution is -2.28. The Hall–Kier alpha value is -2.18. The molecule has 0 atom stereocenters. The summed E-state index contributed by atoms with van der Waals surface area (Å²) in [6.07, 6.45) is 0.503. The second-order valence-corrected chi connectivity index (χ2v) is 4.20. The number of nitrogens with zero attached hydrogens (tertiary/aromatic N) is 2. The second-order valence-electron chi connectivity index (χ2n) is 4.20. The van der Waals surface area contributed by atoms with Crippen molar-refractivity contribution >= 4 is 18.0 Å². The van der Waals surface area contributed by atoms with Crippen LogP contribution in [0.3, 0.4) is 0 Å². The van der Waals surface area contributed by atoms with Gasteiger partial charge < -0.3 is 9.84 Å². The molecular formula is C10H13N3O4. The first kappa shape index (κ1) is 12.9. The Kier molecular flexibility index (Phi) is 3.62. The topological polar surface area (TPSA) is 101 Å². The number of carboxylic acids is 1. The zero-order chi connectivity index (χ0) is 13.1. The molecule has 0 saturated heterocycles. The van der Waals surface area contributed by atoms with Gasteiger partial charge in [-0.25, -0.2) is 19.6 Å². The molecule has 0 bridgehead atoms. The van der Waals surface area contributed by atoms with Gasteiger partial charge in [0, 0.05) is 6.20 Å². The van der Waals surface area contributed by atoms with E-state index in [-0.39, 0.29) is 11.6 Å². The number of hydrogen-bond acceptors (Lipinski definition) is 5. The van der Waals surface area contributed by atoms with Crippen LogP contribution in [0.1, 0.15) is 31.3 Å². The lowest BCUT2D eigenvalue weighted by molar-refractivity contribution is 0.0630. The molecule has 1 heterocycles. The highest BCUT2D eigenvalue weighted by molar-refractivity contribution is 5.87. The number of rotatable bonds is 2. The van der Waals surface area contributed by atoms with Crippen molar-refractivity contribution in [1.29, 1.82) is 0 Å². The van der Waals surface area contributed by atoms with Crippen molar-refractivity contribution in [2.75, 3.05) is 5.32 Å². The van der Waals surface area contributed by atoms with E-state index in [4.69, 9.17) is 9.84 Å². The number of anilines is 1. The summed E-state index contributed by atoms with van der Waals surface area (Å²) in [7, 11) is 0. The zero-order valence-electron chi connectivity index (χ0n) is 9.72. The predicted molar refractivity (Wildman–Crippen MR) is 58.8 cm³/mol. The summed E-state index contributed by atoms with van der Waals surface area (Å²) in [6.45, 7) is 5.13. The molecule has 7 heteroatoms. The van der Waals surface area contributed by atoms with Gasteiger partial charge in [0.1, 0.15) is 5.60 Å². The van der Waals surface area contributed by atoms with Crippen LogP contribution in [-0.4, -0.2) is 32.7 Å². The van der Waals surface area contributed by atoms with E-state index in [1.807, 2.05) is 0 Å². The third kappa shape index (κ3) is 4.45. The van der Waals surface area contributed by atoms with E-state index in [1.165, 1.54) is 12.3 Å². The Balaban J connectivity index is 2.72. The maximum absolute atomic E-state index is 11.3. The lowest BCUT2D eigenvalue weighted by atomic mass is 10.2. The first-order valence-electron chi connectivity index (χ1n) is 4.84. The van der Waals surface area contributed by atoms with Crippen LogP contribution >= 0.6 is 0 Å². The van der Waals surface area contributed by atoms with Crippen molar-refractivity contribution in [2.24, 2.45) is 0 Å². The van der Waals surface area contributed by atoms with Crippen molar-refractivity contribution in [2.45, 2.75) is 26.4 Å². The van der Waals surface area contributed by atoms with Crippen molar-refractivity contribution in [3.05, 3.63) is 18.0 Å². The zero-order valence-corrected chi connectivity index (χ0v) is 9.72. The molecular weight excluding hydrogens is 226 g/mol. The molecule has 92 valence electrons. The number of aromatic nitrogens is 2. The largest absolute Gasteiger partial charge is 0.477 e. The third-order valence-corrected chi connectivity index (χ3v) is 1.49. The number of carbonyl (C=O) groups is 2. The highest BCUT2D eigenvalue weighted by atomic mass is 16.6. The summed E-state index contributed by atoms with van der Waals surface area (Å²) in [5.74, 6) is -1.31. The molecule has 0 unspecified atom stereocenters. The van der Waals surface area contributed by atoms with E-state index in [0.29, 0.717) is 0 Å². The molecule has 0 spiro atoms. The number of carboxylic acid groups (broad SMARTS) is 1. The van der Waals surface area contributed by atoms with E-state index in [0.717, 1.165) is 0 Å². The molecule has 0 aliphatic rings. The van der Waals surface area contributed by atoms with Gasteiger partial charge in [-0.3, -0.25) is 5.32 Å². The van der Waals surface area contributed by atoms with Crippen LogP contribution in [-0.2, 0) is 4.74 Å². The predicted octanol–water partition coefficient (Wildman–Crippen LogP) is 1.52. The average molecular weight is 239 g/mol. The quantitative estimate of drug-likeness (QED) is 0.811. The smallest absolute Gasteiger partial charge is 0.414 e. The van der Waals surface area contributed by atoms with Crippen LogP contribution in [0.2, 0.25) is 0 Å². The van der Waals surface area contributed by atoms with Gasteiger partial charge >= 0.3 is 12.1 Å². The standard InChI is InChI=1S/C10H13N3O4/c1-10(2,3)17-9(16)13-8-11-5-4-6(12-8)7(14)15/h4-5H,1-3H3,(H,14,15)(H,11,12,13,16). The van der Waals surface area contributed by atoms with E-state index in [1.54, 1.807) is 20.8 Å². The monoisotopic (exact) mass is 239 g/mol. The van der Waals surface area contributed by atoms with Crippen molar-refractivity contribution in [3.63, 3.8) is 0 Å². The Morgan fingerprint density at radius 2 is 2.06 bits per heavy atom. The van der Waals surface area contributed by atoms with Gasteiger partial charge in [0.2, 0.25) is 5.95 Å². The molecule has 1 aromatic rings. The molecule has 0 aliphatic heterocycles. The van der Waals surface area contributed by atoms with Crippen molar-refractivity contribution < 1.29 is 19.4 Å². The SMILES string of the molecule is CC(C)(C)OC(=O)Nc1nccc(C(=O)O)n1. The summed E-state index contributed by atoms with van der Waals surface area (Å²) in [5, 5.41) is 10.9. The number of aromatic carboxylic acids is 1. The Morgan fingerprint density at radius 1 is 1.41 bits per heavy atom. The van der Waals surface area contributed by atoms with Crippen LogP contribution in [0.5, 0.6) is 0 Å². The van der Waals surface area contributed by atoms with Crippen molar-refractivity contribution in [1.82, 2.24) is 9.97 Å². The van der Waals surface area contributed by atoms with Gasteiger partial charge in [0.05, 0.1) is 0 Å². The summed E-state index contributed by atoms with van der Waals surface area (Å²) < 4.78 is 4.96. The Labute approximate surface area is 97.8 Å². The van der Waals surface area contributed by atoms with Crippen LogP contribution in [0.25, 0.3) is 0 Å². The molecule has 1 rings (SSSR count). The first-order valence-corrected chi connectivity index (χ1v) is 4.84. The molecule has 0 radical (unpaired) electrons. The van der Waals surface area contributed by atoms with E-state index in [2.05, 4.69) is 15.3 Å². The average Bonchev–Trinajstić information content (AvgIpc) is 2.14. The van der Waals surface area contributed by atoms with Crippen LogP contribution in [0.15, 0.2) is 12.3 Å². The summed E-state index contributed by atoms with van der Waals surface area (Å²) in [4.78, 5) is 29.3. The third-order valence-electron chi connectivity index (χ3n) is 1.49. The molecule has 0 aliphatic carbocycles. The molecule has 1 amide bonds. The minimum Gasteiger partial charge on any atom is -0.477 e. The number of amides is 1. The highest BCUT2D eigenvalue weighted by Crippen LogP contribution is 2.09. The molecule has 1 aromatic heterocycles. The maximum Gasteiger partial charge on any atom is 0.414 e. The maximum atomic E-state index is 11.3. The van der Waals surface area contributed by atoms with Crippen LogP contribution in [0, 0.1) is 0 Å². The van der Waals surface area contributed by atoms with Gasteiger partial charge in [-0.15, -0.1) is 0 Å². The number of nitrogens with one attached hydrogen (secondary N) is 1. The minimum absolute atomic E-state index is 0.112. The van der Waals surface area contributed by atoms with E-state index < -0.39 is 17.7 Å². The number of carbonyl (C=O) groups excluding carboxylic acids is 1. The fraction of sp³-hybridized carbons (Fsp3) is 0.400. The van der Waals surface area contributed by atoms with Crippen LogP contribution < -0.4 is 5.32 Å². The summed E-state index contributed by atoms with van der Waals surface area (Å²) in [6, 6.07) is 1.22. The fourth-order valence-electron chi connectivity index (χ4n) is 0.933. The van der Waals surface area contributed by atoms with Gasteiger partial charge in [0.25, 0.3) is 0 Å². The van der Waals surface area contributed by atoms with Gasteiger partial charge in [-0.1, -0.05) is 0 Å². The van der Waals surface area contributed by atoms with E-state index >= 15 is 0 Å². The molecule has 17 heavy (non-hydrogen) atoms. The molecule has 0 fully saturated rings. The van der Waals surface area contributed by atoms with Crippen LogP contribution in [0.4, 0.5) is 10.7 Å². The van der Waals surface area contributed by atoms with Crippen molar-refractivity contribution in [3.8, 4) is 0 Å². The molecule has 0 aromatic carbocycles. The molecule has 7 nitrogen and oxygen atoms in total. The Morgan fingerprint density at radius 3 is 2.59 bits per heavy atom. The van der Waals surface area contributed by atoms with E-state index in [9.17, 15) is 9.59 Å². The van der Waals surface area contributed by atoms with Gasteiger partial charge in [0.15, 0.2) is 5.69 Å². The lowest BCUT2D eigenvalue weighted by Gasteiger charge is -2.19. The van der Waals surface area contributed by atoms with Gasteiger partial charge in [-0.05, 0) is 26.8 Å². The van der Waals surface area contributed by atoms with Gasteiger partial charge in [-0.2, -0.15) is 0 Å². The Bertz CT molecular complexity index is 439.